The van der Waals surface area contributed by atoms with Gasteiger partial charge in [-0.25, -0.2) is 4.98 Å². The SMILES string of the molecule is N#Cc1ccc(-c2cc3c(cnn3C[C@H]3CCNC3)nc2-c2ccc(I)cc2)cc1. The van der Waals surface area contributed by atoms with Crippen molar-refractivity contribution in [2.75, 3.05) is 13.1 Å². The summed E-state index contributed by atoms with van der Waals surface area (Å²) in [6.45, 7) is 3.02. The molecule has 30 heavy (non-hydrogen) atoms. The molecule has 0 bridgehead atoms. The van der Waals surface area contributed by atoms with Gasteiger partial charge in [-0.15, -0.1) is 0 Å². The number of aromatic nitrogens is 3. The van der Waals surface area contributed by atoms with E-state index in [2.05, 4.69) is 74.1 Å². The Kier molecular flexibility index (Phi) is 5.23. The van der Waals surface area contributed by atoms with Crippen LogP contribution >= 0.6 is 22.6 Å². The van der Waals surface area contributed by atoms with Crippen LogP contribution in [0.2, 0.25) is 0 Å². The Morgan fingerprint density at radius 2 is 1.87 bits per heavy atom. The molecule has 2 aromatic heterocycles. The molecule has 1 fully saturated rings. The molecule has 5 nitrogen and oxygen atoms in total. The summed E-state index contributed by atoms with van der Waals surface area (Å²) in [6.07, 6.45) is 3.05. The van der Waals surface area contributed by atoms with Gasteiger partial charge in [0.15, 0.2) is 0 Å². The molecule has 1 N–H and O–H groups in total. The Balaban J connectivity index is 1.66. The third-order valence-electron chi connectivity index (χ3n) is 5.66. The minimum atomic E-state index is 0.599. The van der Waals surface area contributed by atoms with Crippen LogP contribution in [0.25, 0.3) is 33.4 Å². The van der Waals surface area contributed by atoms with Crippen molar-refractivity contribution in [3.63, 3.8) is 0 Å². The lowest BCUT2D eigenvalue weighted by atomic mass is 9.98. The molecule has 1 atom stereocenters. The van der Waals surface area contributed by atoms with Crippen LogP contribution in [-0.4, -0.2) is 27.9 Å². The van der Waals surface area contributed by atoms with Crippen LogP contribution < -0.4 is 5.32 Å². The number of nitriles is 1. The van der Waals surface area contributed by atoms with Gasteiger partial charge < -0.3 is 5.32 Å². The van der Waals surface area contributed by atoms with Gasteiger partial charge in [0.25, 0.3) is 0 Å². The number of hydrogen-bond donors (Lipinski definition) is 1. The van der Waals surface area contributed by atoms with Crippen molar-refractivity contribution in [1.29, 1.82) is 5.26 Å². The van der Waals surface area contributed by atoms with Gasteiger partial charge in [0.2, 0.25) is 0 Å². The number of nitrogens with zero attached hydrogens (tertiary/aromatic N) is 4. The van der Waals surface area contributed by atoms with Crippen molar-refractivity contribution in [1.82, 2.24) is 20.1 Å². The first-order valence-electron chi connectivity index (χ1n) is 10.0. The molecule has 0 radical (unpaired) electrons. The second kappa shape index (κ2) is 8.17. The molecule has 4 aromatic rings. The molecule has 1 aliphatic rings. The number of fused-ring (bicyclic) bond motifs is 1. The summed E-state index contributed by atoms with van der Waals surface area (Å²) in [5.41, 5.74) is 6.73. The lowest BCUT2D eigenvalue weighted by Gasteiger charge is -2.13. The molecule has 0 saturated carbocycles. The van der Waals surface area contributed by atoms with Gasteiger partial charge in [0.1, 0.15) is 5.52 Å². The van der Waals surface area contributed by atoms with E-state index in [1.54, 1.807) is 0 Å². The molecule has 1 saturated heterocycles. The number of rotatable bonds is 4. The second-order valence-electron chi connectivity index (χ2n) is 7.67. The van der Waals surface area contributed by atoms with Gasteiger partial charge in [-0.3, -0.25) is 4.68 Å². The van der Waals surface area contributed by atoms with E-state index in [4.69, 9.17) is 10.2 Å². The normalized spacial score (nSPS) is 16.1. The molecular weight excluding hydrogens is 485 g/mol. The maximum Gasteiger partial charge on any atom is 0.109 e. The van der Waals surface area contributed by atoms with Crippen molar-refractivity contribution in [2.45, 2.75) is 13.0 Å². The fourth-order valence-electron chi connectivity index (χ4n) is 4.04. The maximum atomic E-state index is 9.16. The van der Waals surface area contributed by atoms with Gasteiger partial charge in [-0.1, -0.05) is 24.3 Å². The monoisotopic (exact) mass is 505 g/mol. The van der Waals surface area contributed by atoms with Crippen LogP contribution in [0.1, 0.15) is 12.0 Å². The summed E-state index contributed by atoms with van der Waals surface area (Å²) < 4.78 is 3.28. The third-order valence-corrected chi connectivity index (χ3v) is 6.38. The zero-order chi connectivity index (χ0) is 20.5. The van der Waals surface area contributed by atoms with Gasteiger partial charge in [-0.05, 0) is 83.9 Å². The van der Waals surface area contributed by atoms with E-state index < -0.39 is 0 Å². The van der Waals surface area contributed by atoms with Gasteiger partial charge >= 0.3 is 0 Å². The molecule has 0 unspecified atom stereocenters. The van der Waals surface area contributed by atoms with Crippen LogP contribution in [0.5, 0.6) is 0 Å². The number of pyridine rings is 1. The van der Waals surface area contributed by atoms with Crippen molar-refractivity contribution in [3.8, 4) is 28.5 Å². The summed E-state index contributed by atoms with van der Waals surface area (Å²) in [7, 11) is 0. The molecule has 0 aliphatic carbocycles. The first kappa shape index (κ1) is 19.2. The third kappa shape index (κ3) is 3.71. The van der Waals surface area contributed by atoms with Gasteiger partial charge in [0.05, 0.1) is 29.0 Å². The Labute approximate surface area is 188 Å². The van der Waals surface area contributed by atoms with Crippen LogP contribution in [0.15, 0.2) is 60.8 Å². The molecule has 3 heterocycles. The molecule has 0 amide bonds. The molecule has 148 valence electrons. The molecule has 6 heteroatoms. The fourth-order valence-corrected chi connectivity index (χ4v) is 4.40. The number of halogens is 1. The minimum Gasteiger partial charge on any atom is -0.316 e. The standard InChI is InChI=1S/C24H20IN5/c25-20-7-5-19(6-8-20)24-21(18-3-1-16(12-26)2-4-18)11-23-22(29-24)14-28-30(23)15-17-9-10-27-13-17/h1-8,11,14,17,27H,9-10,13,15H2/t17-/m0/s1. The van der Waals surface area contributed by atoms with Crippen LogP contribution in [-0.2, 0) is 6.54 Å². The topological polar surface area (TPSA) is 66.5 Å². The van der Waals surface area contributed by atoms with Crippen molar-refractivity contribution in [2.24, 2.45) is 5.92 Å². The Bertz CT molecular complexity index is 1230. The quantitative estimate of drug-likeness (QED) is 0.403. The van der Waals surface area contributed by atoms with Crippen molar-refractivity contribution >= 4 is 33.6 Å². The van der Waals surface area contributed by atoms with Crippen molar-refractivity contribution in [3.05, 3.63) is 69.9 Å². The summed E-state index contributed by atoms with van der Waals surface area (Å²) in [5, 5.41) is 17.2. The molecular formula is C24H20IN5. The smallest absolute Gasteiger partial charge is 0.109 e. The summed E-state index contributed by atoms with van der Waals surface area (Å²) in [4.78, 5) is 5.02. The van der Waals surface area contributed by atoms with E-state index in [1.165, 1.54) is 9.99 Å². The highest BCUT2D eigenvalue weighted by atomic mass is 127. The molecule has 0 spiro atoms. The summed E-state index contributed by atoms with van der Waals surface area (Å²) >= 11 is 2.32. The Morgan fingerprint density at radius 3 is 2.57 bits per heavy atom. The Hall–Kier alpha value is -2.76. The molecule has 1 aliphatic heterocycles. The number of nitrogens with one attached hydrogen (secondary N) is 1. The first-order chi connectivity index (χ1) is 14.7. The average molecular weight is 505 g/mol. The van der Waals surface area contributed by atoms with Crippen LogP contribution in [0.4, 0.5) is 0 Å². The maximum absolute atomic E-state index is 9.16. The second-order valence-corrected chi connectivity index (χ2v) is 8.92. The highest BCUT2D eigenvalue weighted by Gasteiger charge is 2.19. The highest BCUT2D eigenvalue weighted by Crippen LogP contribution is 2.34. The first-order valence-corrected chi connectivity index (χ1v) is 11.1. The van der Waals surface area contributed by atoms with Crippen LogP contribution in [0, 0.1) is 20.8 Å². The van der Waals surface area contributed by atoms with Crippen LogP contribution in [0.3, 0.4) is 0 Å². The average Bonchev–Trinajstić information content (AvgIpc) is 3.44. The fraction of sp³-hybridized carbons (Fsp3) is 0.208. The van der Waals surface area contributed by atoms with E-state index in [1.807, 2.05) is 30.5 Å². The zero-order valence-electron chi connectivity index (χ0n) is 16.3. The predicted molar refractivity (Wildman–Crippen MR) is 127 cm³/mol. The number of hydrogen-bond acceptors (Lipinski definition) is 4. The largest absolute Gasteiger partial charge is 0.316 e. The van der Waals surface area contributed by atoms with E-state index >= 15 is 0 Å². The van der Waals surface area contributed by atoms with Gasteiger partial charge in [-0.2, -0.15) is 10.4 Å². The summed E-state index contributed by atoms with van der Waals surface area (Å²) in [5.74, 6) is 0.599. The van der Waals surface area contributed by atoms with E-state index in [0.29, 0.717) is 11.5 Å². The Morgan fingerprint density at radius 1 is 1.10 bits per heavy atom. The minimum absolute atomic E-state index is 0.599. The zero-order valence-corrected chi connectivity index (χ0v) is 18.5. The van der Waals surface area contributed by atoms with Gasteiger partial charge in [0, 0.05) is 21.2 Å². The lowest BCUT2D eigenvalue weighted by Crippen LogP contribution is -2.15. The van der Waals surface area contributed by atoms with Crippen molar-refractivity contribution < 1.29 is 0 Å². The van der Waals surface area contributed by atoms with E-state index in [0.717, 1.165) is 53.1 Å². The highest BCUT2D eigenvalue weighted by molar-refractivity contribution is 14.1. The summed E-state index contributed by atoms with van der Waals surface area (Å²) in [6, 6.07) is 20.5. The van der Waals surface area contributed by atoms with E-state index in [-0.39, 0.29) is 0 Å². The predicted octanol–water partition coefficient (Wildman–Crippen LogP) is 4.85. The number of benzene rings is 2. The lowest BCUT2D eigenvalue weighted by molar-refractivity contribution is 0.459. The van der Waals surface area contributed by atoms with E-state index in [9.17, 15) is 0 Å². The molecule has 2 aromatic carbocycles. The molecule has 5 rings (SSSR count).